The van der Waals surface area contributed by atoms with Crippen LogP contribution in [0.5, 0.6) is 0 Å². The maximum absolute atomic E-state index is 4.79. The van der Waals surface area contributed by atoms with Gasteiger partial charge in [-0.15, -0.1) is 0 Å². The van der Waals surface area contributed by atoms with E-state index < -0.39 is 0 Å². The molecule has 1 aliphatic rings. The van der Waals surface area contributed by atoms with Crippen LogP contribution in [0.3, 0.4) is 0 Å². The van der Waals surface area contributed by atoms with Gasteiger partial charge in [-0.25, -0.2) is 9.97 Å². The molecule has 0 radical (unpaired) electrons. The molecule has 1 aliphatic carbocycles. The summed E-state index contributed by atoms with van der Waals surface area (Å²) in [5.74, 6) is 1.61. The van der Waals surface area contributed by atoms with Crippen LogP contribution in [-0.4, -0.2) is 28.5 Å². The summed E-state index contributed by atoms with van der Waals surface area (Å²) in [5.41, 5.74) is 4.79. The Balaban J connectivity index is 1.82. The second-order valence-corrected chi connectivity index (χ2v) is 5.81. The van der Waals surface area contributed by atoms with Gasteiger partial charge in [-0.2, -0.15) is 0 Å². The van der Waals surface area contributed by atoms with Crippen molar-refractivity contribution in [2.75, 3.05) is 13.6 Å². The zero-order valence-electron chi connectivity index (χ0n) is 12.8. The van der Waals surface area contributed by atoms with E-state index in [0.717, 1.165) is 43.0 Å². The summed E-state index contributed by atoms with van der Waals surface area (Å²) in [5, 5.41) is 3.28. The van der Waals surface area contributed by atoms with E-state index in [0.29, 0.717) is 5.92 Å². The van der Waals surface area contributed by atoms with Crippen molar-refractivity contribution < 1.29 is 0 Å². The molecule has 1 N–H and O–H groups in total. The van der Waals surface area contributed by atoms with Gasteiger partial charge < -0.3 is 5.32 Å². The van der Waals surface area contributed by atoms with Crippen LogP contribution >= 0.6 is 0 Å². The molecule has 3 rings (SSSR count). The van der Waals surface area contributed by atoms with Crippen LogP contribution in [0.25, 0.3) is 0 Å². The molecule has 1 unspecified atom stereocenters. The van der Waals surface area contributed by atoms with E-state index in [-0.39, 0.29) is 0 Å². The minimum atomic E-state index is 0.714. The van der Waals surface area contributed by atoms with Gasteiger partial charge in [0.05, 0.1) is 6.42 Å². The van der Waals surface area contributed by atoms with Gasteiger partial charge in [0, 0.05) is 23.3 Å². The summed E-state index contributed by atoms with van der Waals surface area (Å²) in [6.45, 7) is 3.19. The average Bonchev–Trinajstić information content (AvgIpc) is 2.49. The summed E-state index contributed by atoms with van der Waals surface area (Å²) in [4.78, 5) is 13.9. The molecule has 0 aliphatic heterocycles. The van der Waals surface area contributed by atoms with Crippen molar-refractivity contribution in [3.05, 3.63) is 52.9 Å². The van der Waals surface area contributed by atoms with Crippen LogP contribution in [0, 0.1) is 12.8 Å². The first-order chi connectivity index (χ1) is 10.3. The highest BCUT2D eigenvalue weighted by atomic mass is 14.9. The van der Waals surface area contributed by atoms with Gasteiger partial charge in [-0.1, -0.05) is 6.07 Å². The molecular formula is C17H22N4. The van der Waals surface area contributed by atoms with Crippen LogP contribution in [0.4, 0.5) is 0 Å². The van der Waals surface area contributed by atoms with Crippen molar-refractivity contribution >= 4 is 0 Å². The summed E-state index contributed by atoms with van der Waals surface area (Å²) in [6.07, 6.45) is 5.93. The molecule has 2 aromatic heterocycles. The third-order valence-electron chi connectivity index (χ3n) is 4.19. The Hall–Kier alpha value is -1.81. The smallest absolute Gasteiger partial charge is 0.134 e. The number of fused-ring (bicyclic) bond motifs is 1. The average molecular weight is 282 g/mol. The number of nitrogens with one attached hydrogen (secondary N) is 1. The van der Waals surface area contributed by atoms with Crippen LogP contribution in [0.1, 0.15) is 34.9 Å². The molecular weight excluding hydrogens is 260 g/mol. The first-order valence-corrected chi connectivity index (χ1v) is 7.66. The lowest BCUT2D eigenvalue weighted by Crippen LogP contribution is -2.26. The second-order valence-electron chi connectivity index (χ2n) is 5.81. The molecule has 0 saturated carbocycles. The molecule has 0 bridgehead atoms. The predicted octanol–water partition coefficient (Wildman–Crippen LogP) is 2.10. The zero-order valence-corrected chi connectivity index (χ0v) is 12.8. The fourth-order valence-corrected chi connectivity index (χ4v) is 3.13. The molecule has 0 saturated heterocycles. The first kappa shape index (κ1) is 14.1. The number of hydrogen-bond acceptors (Lipinski definition) is 4. The van der Waals surface area contributed by atoms with Gasteiger partial charge in [-0.05, 0) is 63.4 Å². The maximum Gasteiger partial charge on any atom is 0.134 e. The largest absolute Gasteiger partial charge is 0.319 e. The SMILES string of the molecule is CNCC1CCc2nc(Cc3ccccn3)nc(C)c2C1. The van der Waals surface area contributed by atoms with Crippen molar-refractivity contribution in [2.24, 2.45) is 5.92 Å². The molecule has 0 fully saturated rings. The highest BCUT2D eigenvalue weighted by Crippen LogP contribution is 2.26. The number of nitrogens with zero attached hydrogens (tertiary/aromatic N) is 3. The first-order valence-electron chi connectivity index (χ1n) is 7.66. The van der Waals surface area contributed by atoms with Crippen molar-refractivity contribution in [3.8, 4) is 0 Å². The molecule has 0 aromatic carbocycles. The third-order valence-corrected chi connectivity index (χ3v) is 4.19. The topological polar surface area (TPSA) is 50.7 Å². The quantitative estimate of drug-likeness (QED) is 0.933. The molecule has 1 atom stereocenters. The Kier molecular flexibility index (Phi) is 4.25. The summed E-state index contributed by atoms with van der Waals surface area (Å²) in [6, 6.07) is 5.97. The monoisotopic (exact) mass is 282 g/mol. The van der Waals surface area contributed by atoms with E-state index in [9.17, 15) is 0 Å². The van der Waals surface area contributed by atoms with Crippen LogP contribution in [0.15, 0.2) is 24.4 Å². The molecule has 2 heterocycles. The van der Waals surface area contributed by atoms with Gasteiger partial charge in [0.15, 0.2) is 0 Å². The van der Waals surface area contributed by atoms with Crippen LogP contribution in [0.2, 0.25) is 0 Å². The molecule has 0 spiro atoms. The fraction of sp³-hybridized carbons (Fsp3) is 0.471. The Morgan fingerprint density at radius 2 is 2.19 bits per heavy atom. The van der Waals surface area contributed by atoms with E-state index in [2.05, 4.69) is 17.2 Å². The highest BCUT2D eigenvalue weighted by Gasteiger charge is 2.22. The van der Waals surface area contributed by atoms with Gasteiger partial charge >= 0.3 is 0 Å². The Morgan fingerprint density at radius 3 is 2.95 bits per heavy atom. The highest BCUT2D eigenvalue weighted by molar-refractivity contribution is 5.29. The number of rotatable bonds is 4. The number of hydrogen-bond donors (Lipinski definition) is 1. The lowest BCUT2D eigenvalue weighted by Gasteiger charge is -2.25. The minimum absolute atomic E-state index is 0.714. The summed E-state index contributed by atoms with van der Waals surface area (Å²) < 4.78 is 0. The molecule has 4 heteroatoms. The van der Waals surface area contributed by atoms with E-state index >= 15 is 0 Å². The second kappa shape index (κ2) is 6.31. The Morgan fingerprint density at radius 1 is 1.29 bits per heavy atom. The van der Waals surface area contributed by atoms with Gasteiger partial charge in [0.25, 0.3) is 0 Å². The lowest BCUT2D eigenvalue weighted by atomic mass is 9.85. The van der Waals surface area contributed by atoms with E-state index in [4.69, 9.17) is 9.97 Å². The van der Waals surface area contributed by atoms with Crippen molar-refractivity contribution in [1.82, 2.24) is 20.3 Å². The molecule has 4 nitrogen and oxygen atoms in total. The summed E-state index contributed by atoms with van der Waals surface area (Å²) in [7, 11) is 2.02. The van der Waals surface area contributed by atoms with Gasteiger partial charge in [0.2, 0.25) is 0 Å². The lowest BCUT2D eigenvalue weighted by molar-refractivity contribution is 0.431. The van der Waals surface area contributed by atoms with Gasteiger partial charge in [0.1, 0.15) is 5.82 Å². The Bertz CT molecular complexity index is 610. The predicted molar refractivity (Wildman–Crippen MR) is 83.3 cm³/mol. The van der Waals surface area contributed by atoms with Crippen LogP contribution in [-0.2, 0) is 19.3 Å². The number of aromatic nitrogens is 3. The van der Waals surface area contributed by atoms with E-state index in [1.807, 2.05) is 31.4 Å². The fourth-order valence-electron chi connectivity index (χ4n) is 3.13. The van der Waals surface area contributed by atoms with E-state index in [1.54, 1.807) is 0 Å². The number of pyridine rings is 1. The molecule has 110 valence electrons. The molecule has 0 amide bonds. The van der Waals surface area contributed by atoms with Crippen LogP contribution < -0.4 is 5.32 Å². The third kappa shape index (κ3) is 3.27. The van der Waals surface area contributed by atoms with Gasteiger partial charge in [-0.3, -0.25) is 4.98 Å². The standard InChI is InChI=1S/C17H22N4/c1-12-15-9-13(11-18-2)6-7-16(15)21-17(20-12)10-14-5-3-4-8-19-14/h3-5,8,13,18H,6-7,9-11H2,1-2H3. The van der Waals surface area contributed by atoms with Crippen molar-refractivity contribution in [2.45, 2.75) is 32.6 Å². The maximum atomic E-state index is 4.79. The zero-order chi connectivity index (χ0) is 14.7. The molecule has 21 heavy (non-hydrogen) atoms. The Labute approximate surface area is 126 Å². The normalized spacial score (nSPS) is 17.5. The molecule has 2 aromatic rings. The number of aryl methyl sites for hydroxylation is 2. The summed E-state index contributed by atoms with van der Waals surface area (Å²) >= 11 is 0. The van der Waals surface area contributed by atoms with Crippen molar-refractivity contribution in [3.63, 3.8) is 0 Å². The minimum Gasteiger partial charge on any atom is -0.319 e. The van der Waals surface area contributed by atoms with Crippen molar-refractivity contribution in [1.29, 1.82) is 0 Å². The van der Waals surface area contributed by atoms with E-state index in [1.165, 1.54) is 17.7 Å².